The summed E-state index contributed by atoms with van der Waals surface area (Å²) in [5, 5.41) is 3.45. The van der Waals surface area contributed by atoms with E-state index in [4.69, 9.17) is 0 Å². The second-order valence-electron chi connectivity index (χ2n) is 4.45. The molecule has 0 aromatic carbocycles. The second-order valence-corrected chi connectivity index (χ2v) is 4.45. The van der Waals surface area contributed by atoms with Crippen molar-refractivity contribution >= 4 is 5.82 Å². The van der Waals surface area contributed by atoms with Crippen LogP contribution in [-0.2, 0) is 12.8 Å². The molecule has 2 rings (SSSR count). The minimum Gasteiger partial charge on any atom is -0.368 e. The van der Waals surface area contributed by atoms with Crippen molar-refractivity contribution in [3.05, 3.63) is 17.6 Å². The topological polar surface area (TPSA) is 41.0 Å². The second kappa shape index (κ2) is 5.96. The fourth-order valence-corrected chi connectivity index (χ4v) is 2.38. The number of rotatable bonds is 6. The molecule has 0 atom stereocenters. The maximum Gasteiger partial charge on any atom is 0.132 e. The van der Waals surface area contributed by atoms with Crippen LogP contribution in [0.25, 0.3) is 0 Å². The molecule has 1 aliphatic rings. The maximum absolute atomic E-state index is 4.36. The summed E-state index contributed by atoms with van der Waals surface area (Å²) in [5.74, 6) is 1.06. The van der Waals surface area contributed by atoms with Crippen LogP contribution < -0.4 is 5.32 Å². The lowest BCUT2D eigenvalue weighted by Crippen LogP contribution is -2.29. The third-order valence-corrected chi connectivity index (χ3v) is 3.49. The molecule has 0 bridgehead atoms. The number of fused-ring (bicyclic) bond motifs is 1. The first-order valence-corrected chi connectivity index (χ1v) is 6.64. The molecule has 4 nitrogen and oxygen atoms in total. The van der Waals surface area contributed by atoms with Crippen LogP contribution in [0.3, 0.4) is 0 Å². The number of nitrogens with one attached hydrogen (secondary N) is 1. The highest BCUT2D eigenvalue weighted by atomic mass is 15.1. The van der Waals surface area contributed by atoms with E-state index in [9.17, 15) is 0 Å². The zero-order valence-electron chi connectivity index (χ0n) is 10.9. The van der Waals surface area contributed by atoms with Gasteiger partial charge in [0.2, 0.25) is 0 Å². The van der Waals surface area contributed by atoms with Crippen LogP contribution >= 0.6 is 0 Å². The van der Waals surface area contributed by atoms with Crippen LogP contribution in [0.2, 0.25) is 0 Å². The van der Waals surface area contributed by atoms with E-state index in [1.807, 2.05) is 0 Å². The molecule has 17 heavy (non-hydrogen) atoms. The Bertz CT molecular complexity index is 360. The predicted molar refractivity (Wildman–Crippen MR) is 70.3 cm³/mol. The Labute approximate surface area is 103 Å². The Morgan fingerprint density at radius 3 is 2.82 bits per heavy atom. The molecule has 0 amide bonds. The van der Waals surface area contributed by atoms with E-state index in [2.05, 4.69) is 34.0 Å². The predicted octanol–water partition coefficient (Wildman–Crippen LogP) is 1.72. The third-order valence-electron chi connectivity index (χ3n) is 3.49. The van der Waals surface area contributed by atoms with Crippen molar-refractivity contribution in [2.24, 2.45) is 0 Å². The van der Waals surface area contributed by atoms with Gasteiger partial charge in [0, 0.05) is 24.3 Å². The van der Waals surface area contributed by atoms with Gasteiger partial charge in [0.1, 0.15) is 12.1 Å². The number of anilines is 1. The minimum absolute atomic E-state index is 0.963. The van der Waals surface area contributed by atoms with Crippen molar-refractivity contribution in [1.82, 2.24) is 14.9 Å². The van der Waals surface area contributed by atoms with Gasteiger partial charge in [-0.25, -0.2) is 9.97 Å². The first-order chi connectivity index (χ1) is 8.35. The molecule has 0 saturated carbocycles. The molecule has 0 unspecified atom stereocenters. The van der Waals surface area contributed by atoms with Gasteiger partial charge in [0.15, 0.2) is 0 Å². The number of aryl methyl sites for hydroxylation is 1. The van der Waals surface area contributed by atoms with E-state index in [1.165, 1.54) is 17.7 Å². The molecule has 1 aromatic rings. The Morgan fingerprint density at radius 2 is 2.06 bits per heavy atom. The van der Waals surface area contributed by atoms with Crippen molar-refractivity contribution in [3.8, 4) is 0 Å². The van der Waals surface area contributed by atoms with Gasteiger partial charge < -0.3 is 10.2 Å². The van der Waals surface area contributed by atoms with E-state index < -0.39 is 0 Å². The molecule has 0 fully saturated rings. The molecule has 0 radical (unpaired) electrons. The van der Waals surface area contributed by atoms with Crippen LogP contribution in [0, 0.1) is 0 Å². The van der Waals surface area contributed by atoms with Gasteiger partial charge >= 0.3 is 0 Å². The van der Waals surface area contributed by atoms with Gasteiger partial charge in [0.05, 0.1) is 0 Å². The molecule has 1 aromatic heterocycles. The van der Waals surface area contributed by atoms with Gasteiger partial charge in [-0.1, -0.05) is 13.8 Å². The van der Waals surface area contributed by atoms with Crippen LogP contribution in [0.5, 0.6) is 0 Å². The highest BCUT2D eigenvalue weighted by Gasteiger charge is 2.16. The normalized spacial score (nSPS) is 14.1. The number of likely N-dealkylation sites (N-methyl/N-ethyl adjacent to an activating group) is 1. The average molecular weight is 234 g/mol. The van der Waals surface area contributed by atoms with Crippen LogP contribution in [0.4, 0.5) is 5.82 Å². The number of hydrogen-bond donors (Lipinski definition) is 1. The van der Waals surface area contributed by atoms with Crippen LogP contribution in [-0.4, -0.2) is 41.0 Å². The smallest absolute Gasteiger partial charge is 0.132 e. The molecule has 0 spiro atoms. The summed E-state index contributed by atoms with van der Waals surface area (Å²) < 4.78 is 0. The molecule has 1 aliphatic carbocycles. The van der Waals surface area contributed by atoms with Crippen LogP contribution in [0.15, 0.2) is 6.33 Å². The van der Waals surface area contributed by atoms with Crippen molar-refractivity contribution in [1.29, 1.82) is 0 Å². The van der Waals surface area contributed by atoms with Gasteiger partial charge in [-0.15, -0.1) is 0 Å². The number of nitrogens with zero attached hydrogens (tertiary/aromatic N) is 3. The van der Waals surface area contributed by atoms with Crippen molar-refractivity contribution in [2.75, 3.05) is 31.5 Å². The summed E-state index contributed by atoms with van der Waals surface area (Å²) in [6, 6.07) is 0. The molecule has 0 saturated heterocycles. The van der Waals surface area contributed by atoms with Crippen LogP contribution in [0.1, 0.15) is 31.5 Å². The van der Waals surface area contributed by atoms with E-state index in [0.717, 1.165) is 44.8 Å². The lowest BCUT2D eigenvalue weighted by molar-refractivity contribution is 0.316. The lowest BCUT2D eigenvalue weighted by atomic mass is 10.2. The molecule has 1 heterocycles. The highest BCUT2D eigenvalue weighted by Crippen LogP contribution is 2.24. The van der Waals surface area contributed by atoms with E-state index in [-0.39, 0.29) is 0 Å². The monoisotopic (exact) mass is 234 g/mol. The summed E-state index contributed by atoms with van der Waals surface area (Å²) in [5.41, 5.74) is 2.58. The highest BCUT2D eigenvalue weighted by molar-refractivity contribution is 5.47. The lowest BCUT2D eigenvalue weighted by Gasteiger charge is -2.18. The maximum atomic E-state index is 4.36. The zero-order chi connectivity index (χ0) is 12.1. The summed E-state index contributed by atoms with van der Waals surface area (Å²) in [7, 11) is 0. The van der Waals surface area contributed by atoms with E-state index in [1.54, 1.807) is 6.33 Å². The Kier molecular flexibility index (Phi) is 4.31. The number of aromatic nitrogens is 2. The third kappa shape index (κ3) is 2.94. The van der Waals surface area contributed by atoms with Gasteiger partial charge in [0.25, 0.3) is 0 Å². The number of hydrogen-bond acceptors (Lipinski definition) is 4. The van der Waals surface area contributed by atoms with Crippen molar-refractivity contribution < 1.29 is 0 Å². The Hall–Kier alpha value is -1.16. The van der Waals surface area contributed by atoms with Gasteiger partial charge in [-0.05, 0) is 32.4 Å². The zero-order valence-corrected chi connectivity index (χ0v) is 10.9. The SMILES string of the molecule is CCN(CC)CCNc1ncnc2c1CCC2. The Balaban J connectivity index is 1.89. The van der Waals surface area contributed by atoms with E-state index >= 15 is 0 Å². The largest absolute Gasteiger partial charge is 0.368 e. The minimum atomic E-state index is 0.963. The molecule has 94 valence electrons. The van der Waals surface area contributed by atoms with Crippen molar-refractivity contribution in [2.45, 2.75) is 33.1 Å². The summed E-state index contributed by atoms with van der Waals surface area (Å²) >= 11 is 0. The Morgan fingerprint density at radius 1 is 1.24 bits per heavy atom. The molecule has 0 aliphatic heterocycles. The van der Waals surface area contributed by atoms with Crippen molar-refractivity contribution in [3.63, 3.8) is 0 Å². The summed E-state index contributed by atoms with van der Waals surface area (Å²) in [6.45, 7) is 8.66. The fourth-order valence-electron chi connectivity index (χ4n) is 2.38. The molecule has 4 heteroatoms. The summed E-state index contributed by atoms with van der Waals surface area (Å²) in [4.78, 5) is 11.1. The van der Waals surface area contributed by atoms with Gasteiger partial charge in [-0.3, -0.25) is 0 Å². The van der Waals surface area contributed by atoms with E-state index in [0.29, 0.717) is 0 Å². The average Bonchev–Trinajstić information content (AvgIpc) is 2.83. The standard InChI is InChI=1S/C13H22N4/c1-3-17(4-2)9-8-14-13-11-6-5-7-12(11)15-10-16-13/h10H,3-9H2,1-2H3,(H,14,15,16). The molecular weight excluding hydrogens is 212 g/mol. The summed E-state index contributed by atoms with van der Waals surface area (Å²) in [6.07, 6.45) is 5.15. The fraction of sp³-hybridized carbons (Fsp3) is 0.692. The van der Waals surface area contributed by atoms with Gasteiger partial charge in [-0.2, -0.15) is 0 Å². The first-order valence-electron chi connectivity index (χ1n) is 6.64. The quantitative estimate of drug-likeness (QED) is 0.813. The first kappa shape index (κ1) is 12.3. The molecule has 1 N–H and O–H groups in total. The molecular formula is C13H22N4.